The molecule has 116 valence electrons. The fraction of sp³-hybridized carbons (Fsp3) is 0.0667. The first kappa shape index (κ1) is 15.0. The quantitative estimate of drug-likeness (QED) is 0.484. The lowest BCUT2D eigenvalue weighted by molar-refractivity contribution is -0.402. The highest BCUT2D eigenvalue weighted by atomic mass is 32.2. The number of nitro groups is 1. The van der Waals surface area contributed by atoms with E-state index in [1.54, 1.807) is 0 Å². The Kier molecular flexibility index (Phi) is 3.98. The lowest BCUT2D eigenvalue weighted by Crippen LogP contribution is -2.27. The van der Waals surface area contributed by atoms with Gasteiger partial charge in [-0.1, -0.05) is 30.3 Å². The summed E-state index contributed by atoms with van der Waals surface area (Å²) in [6.45, 7) is 0.182. The molecular formula is C15H10N2O5S. The fourth-order valence-corrected chi connectivity index (χ4v) is 2.87. The van der Waals surface area contributed by atoms with Gasteiger partial charge in [0.25, 0.3) is 11.1 Å². The van der Waals surface area contributed by atoms with Gasteiger partial charge in [0.05, 0.1) is 17.5 Å². The van der Waals surface area contributed by atoms with Gasteiger partial charge in [-0.2, -0.15) is 0 Å². The SMILES string of the molecule is O=C1S/C(=C\c2ccc([N+](=O)[O-])o2)C(=O)N1Cc1ccccc1. The Balaban J connectivity index is 1.80. The van der Waals surface area contributed by atoms with Crippen LogP contribution in [0.15, 0.2) is 51.8 Å². The maximum absolute atomic E-state index is 12.3. The van der Waals surface area contributed by atoms with Crippen molar-refractivity contribution in [3.05, 3.63) is 68.8 Å². The number of thioether (sulfide) groups is 1. The molecule has 7 nitrogen and oxygen atoms in total. The molecule has 8 heteroatoms. The summed E-state index contributed by atoms with van der Waals surface area (Å²) in [5.41, 5.74) is 0.838. The molecule has 1 saturated heterocycles. The minimum atomic E-state index is -0.668. The van der Waals surface area contributed by atoms with E-state index < -0.39 is 16.7 Å². The van der Waals surface area contributed by atoms with Crippen molar-refractivity contribution in [3.8, 4) is 0 Å². The second-order valence-corrected chi connectivity index (χ2v) is 5.68. The summed E-state index contributed by atoms with van der Waals surface area (Å²) in [4.78, 5) is 35.5. The van der Waals surface area contributed by atoms with E-state index in [1.807, 2.05) is 30.3 Å². The van der Waals surface area contributed by atoms with E-state index >= 15 is 0 Å². The van der Waals surface area contributed by atoms with E-state index in [0.717, 1.165) is 22.2 Å². The number of carbonyl (C=O) groups is 2. The predicted molar refractivity (Wildman–Crippen MR) is 83.3 cm³/mol. The number of hydrogen-bond donors (Lipinski definition) is 0. The Hall–Kier alpha value is -2.87. The minimum Gasteiger partial charge on any atom is -0.401 e. The van der Waals surface area contributed by atoms with Crippen molar-refractivity contribution < 1.29 is 18.9 Å². The second kappa shape index (κ2) is 6.09. The van der Waals surface area contributed by atoms with Crippen LogP contribution < -0.4 is 0 Å². The molecule has 0 bridgehead atoms. The van der Waals surface area contributed by atoms with Gasteiger partial charge in [-0.15, -0.1) is 0 Å². The third kappa shape index (κ3) is 3.16. The Labute approximate surface area is 134 Å². The monoisotopic (exact) mass is 330 g/mol. The molecule has 0 saturated carbocycles. The van der Waals surface area contributed by atoms with E-state index in [9.17, 15) is 19.7 Å². The van der Waals surface area contributed by atoms with Gasteiger partial charge >= 0.3 is 5.88 Å². The molecule has 0 unspecified atom stereocenters. The Bertz CT molecular complexity index is 812. The highest BCUT2D eigenvalue weighted by Crippen LogP contribution is 2.33. The molecule has 2 aromatic rings. The molecule has 0 aliphatic carbocycles. The zero-order valence-electron chi connectivity index (χ0n) is 11.7. The Morgan fingerprint density at radius 1 is 1.17 bits per heavy atom. The molecule has 1 aromatic carbocycles. The molecule has 0 spiro atoms. The zero-order chi connectivity index (χ0) is 16.4. The van der Waals surface area contributed by atoms with Crippen molar-refractivity contribution in [1.29, 1.82) is 0 Å². The van der Waals surface area contributed by atoms with Gasteiger partial charge < -0.3 is 4.42 Å². The van der Waals surface area contributed by atoms with Crippen LogP contribution in [0.3, 0.4) is 0 Å². The van der Waals surface area contributed by atoms with Crippen LogP contribution in [0.4, 0.5) is 10.7 Å². The average Bonchev–Trinajstić information content (AvgIpc) is 3.10. The number of benzene rings is 1. The number of carbonyl (C=O) groups excluding carboxylic acids is 2. The summed E-state index contributed by atoms with van der Waals surface area (Å²) in [5, 5.41) is 10.2. The summed E-state index contributed by atoms with van der Waals surface area (Å²) in [6.07, 6.45) is 1.34. The summed E-state index contributed by atoms with van der Waals surface area (Å²) in [5.74, 6) is -0.704. The molecule has 1 fully saturated rings. The van der Waals surface area contributed by atoms with Crippen molar-refractivity contribution in [2.45, 2.75) is 6.54 Å². The number of furan rings is 1. The van der Waals surface area contributed by atoms with E-state index in [1.165, 1.54) is 18.2 Å². The lowest BCUT2D eigenvalue weighted by atomic mass is 10.2. The fourth-order valence-electron chi connectivity index (χ4n) is 2.05. The lowest BCUT2D eigenvalue weighted by Gasteiger charge is -2.11. The van der Waals surface area contributed by atoms with Gasteiger partial charge in [-0.05, 0) is 23.4 Å². The van der Waals surface area contributed by atoms with Crippen LogP contribution in [0.2, 0.25) is 0 Å². The summed E-state index contributed by atoms with van der Waals surface area (Å²) in [7, 11) is 0. The molecule has 2 heterocycles. The first-order chi connectivity index (χ1) is 11.0. The number of hydrogen-bond acceptors (Lipinski definition) is 6. The summed E-state index contributed by atoms with van der Waals surface area (Å²) >= 11 is 0.782. The van der Waals surface area contributed by atoms with Crippen molar-refractivity contribution in [1.82, 2.24) is 4.90 Å². The number of nitrogens with zero attached hydrogens (tertiary/aromatic N) is 2. The molecule has 1 aromatic heterocycles. The van der Waals surface area contributed by atoms with Gasteiger partial charge in [0.15, 0.2) is 0 Å². The van der Waals surface area contributed by atoms with Crippen LogP contribution in [0, 0.1) is 10.1 Å². The molecule has 0 radical (unpaired) electrons. The molecular weight excluding hydrogens is 320 g/mol. The minimum absolute atomic E-state index is 0.155. The van der Waals surface area contributed by atoms with Crippen LogP contribution in [0.5, 0.6) is 0 Å². The molecule has 3 rings (SSSR count). The number of imide groups is 1. The molecule has 2 amide bonds. The Morgan fingerprint density at radius 2 is 1.91 bits per heavy atom. The molecule has 0 N–H and O–H groups in total. The predicted octanol–water partition coefficient (Wildman–Crippen LogP) is 3.42. The van der Waals surface area contributed by atoms with Crippen molar-refractivity contribution in [2.24, 2.45) is 0 Å². The van der Waals surface area contributed by atoms with Crippen LogP contribution in [-0.2, 0) is 11.3 Å². The third-order valence-corrected chi connectivity index (χ3v) is 4.03. The number of amides is 2. The Morgan fingerprint density at radius 3 is 2.57 bits per heavy atom. The second-order valence-electron chi connectivity index (χ2n) is 4.69. The van der Waals surface area contributed by atoms with Crippen LogP contribution >= 0.6 is 11.8 Å². The van der Waals surface area contributed by atoms with E-state index in [0.29, 0.717) is 0 Å². The molecule has 23 heavy (non-hydrogen) atoms. The molecule has 0 atom stereocenters. The van der Waals surface area contributed by atoms with Gasteiger partial charge in [0, 0.05) is 6.08 Å². The third-order valence-electron chi connectivity index (χ3n) is 3.12. The van der Waals surface area contributed by atoms with E-state index in [4.69, 9.17) is 4.42 Å². The van der Waals surface area contributed by atoms with Crippen molar-refractivity contribution in [3.63, 3.8) is 0 Å². The van der Waals surface area contributed by atoms with Crippen LogP contribution in [0.25, 0.3) is 6.08 Å². The standard InChI is InChI=1S/C15H10N2O5S/c18-14-12(8-11-6-7-13(22-11)17(20)21)23-15(19)16(14)9-10-4-2-1-3-5-10/h1-8H,9H2/b12-8-. The van der Waals surface area contributed by atoms with Gasteiger partial charge in [-0.25, -0.2) is 0 Å². The highest BCUT2D eigenvalue weighted by molar-refractivity contribution is 8.18. The van der Waals surface area contributed by atoms with E-state index in [-0.39, 0.29) is 22.4 Å². The largest absolute Gasteiger partial charge is 0.433 e. The molecule has 1 aliphatic rings. The first-order valence-corrected chi connectivity index (χ1v) is 7.40. The van der Waals surface area contributed by atoms with E-state index in [2.05, 4.69) is 0 Å². The van der Waals surface area contributed by atoms with Crippen molar-refractivity contribution in [2.75, 3.05) is 0 Å². The van der Waals surface area contributed by atoms with Crippen molar-refractivity contribution >= 4 is 34.9 Å². The topological polar surface area (TPSA) is 93.7 Å². The van der Waals surface area contributed by atoms with Gasteiger partial charge in [-0.3, -0.25) is 24.6 Å². The van der Waals surface area contributed by atoms with Gasteiger partial charge in [0.1, 0.15) is 10.7 Å². The maximum atomic E-state index is 12.3. The summed E-state index contributed by atoms with van der Waals surface area (Å²) < 4.78 is 4.97. The average molecular weight is 330 g/mol. The van der Waals surface area contributed by atoms with Gasteiger partial charge in [0.2, 0.25) is 0 Å². The normalized spacial score (nSPS) is 16.3. The molecule has 1 aliphatic heterocycles. The van der Waals surface area contributed by atoms with Crippen LogP contribution in [0.1, 0.15) is 11.3 Å². The smallest absolute Gasteiger partial charge is 0.401 e. The maximum Gasteiger partial charge on any atom is 0.433 e. The van der Waals surface area contributed by atoms with Crippen LogP contribution in [-0.4, -0.2) is 21.0 Å². The summed E-state index contributed by atoms with van der Waals surface area (Å²) in [6, 6.07) is 11.7. The zero-order valence-corrected chi connectivity index (χ0v) is 12.5. The first-order valence-electron chi connectivity index (χ1n) is 6.58. The number of rotatable bonds is 4. The highest BCUT2D eigenvalue weighted by Gasteiger charge is 2.35.